The molecule has 1 rings (SSSR count). The molecule has 2 unspecified atom stereocenters. The van der Waals surface area contributed by atoms with Crippen molar-refractivity contribution in [1.82, 2.24) is 0 Å². The minimum atomic E-state index is 0.223. The lowest BCUT2D eigenvalue weighted by molar-refractivity contribution is -0.123. The third-order valence-corrected chi connectivity index (χ3v) is 3.00. The maximum atomic E-state index is 11.6. The van der Waals surface area contributed by atoms with Gasteiger partial charge in [-0.25, -0.2) is 0 Å². The second-order valence-corrected chi connectivity index (χ2v) is 4.45. The topological polar surface area (TPSA) is 26.3 Å². The first-order valence-electron chi connectivity index (χ1n) is 5.85. The zero-order chi connectivity index (χ0) is 10.4. The third-order valence-electron chi connectivity index (χ3n) is 3.00. The van der Waals surface area contributed by atoms with E-state index in [1.807, 2.05) is 0 Å². The van der Waals surface area contributed by atoms with Crippen molar-refractivity contribution in [3.63, 3.8) is 0 Å². The van der Waals surface area contributed by atoms with Crippen molar-refractivity contribution < 1.29 is 9.53 Å². The Morgan fingerprint density at radius 3 is 2.86 bits per heavy atom. The van der Waals surface area contributed by atoms with Crippen molar-refractivity contribution in [3.8, 4) is 0 Å². The van der Waals surface area contributed by atoms with Crippen LogP contribution in [0, 0.1) is 5.92 Å². The smallest absolute Gasteiger partial charge is 0.135 e. The molecule has 1 heterocycles. The van der Waals surface area contributed by atoms with Gasteiger partial charge in [0, 0.05) is 19.4 Å². The molecule has 0 amide bonds. The van der Waals surface area contributed by atoms with Gasteiger partial charge in [0.2, 0.25) is 0 Å². The second-order valence-electron chi connectivity index (χ2n) is 4.45. The Bertz CT molecular complexity index is 171. The summed E-state index contributed by atoms with van der Waals surface area (Å²) in [4.78, 5) is 11.6. The minimum absolute atomic E-state index is 0.223. The Morgan fingerprint density at radius 2 is 2.29 bits per heavy atom. The number of carbonyl (C=O) groups is 1. The number of carbonyl (C=O) groups excluding carboxylic acids is 1. The predicted octanol–water partition coefficient (Wildman–Crippen LogP) is 2.95. The second kappa shape index (κ2) is 6.18. The first-order chi connectivity index (χ1) is 6.72. The van der Waals surface area contributed by atoms with E-state index in [1.54, 1.807) is 0 Å². The summed E-state index contributed by atoms with van der Waals surface area (Å²) in [7, 11) is 0. The molecule has 1 fully saturated rings. The molecule has 1 saturated heterocycles. The Balaban J connectivity index is 2.18. The largest absolute Gasteiger partial charge is 0.378 e. The van der Waals surface area contributed by atoms with Gasteiger partial charge in [0.1, 0.15) is 5.78 Å². The lowest BCUT2D eigenvalue weighted by atomic mass is 9.96. The summed E-state index contributed by atoms with van der Waals surface area (Å²) in [5, 5.41) is 0. The fourth-order valence-corrected chi connectivity index (χ4v) is 1.84. The number of hydrogen-bond acceptors (Lipinski definition) is 2. The van der Waals surface area contributed by atoms with Gasteiger partial charge in [-0.1, -0.05) is 20.3 Å². The molecule has 0 N–H and O–H groups in total. The van der Waals surface area contributed by atoms with Gasteiger partial charge < -0.3 is 4.74 Å². The van der Waals surface area contributed by atoms with Crippen LogP contribution in [0.5, 0.6) is 0 Å². The van der Waals surface area contributed by atoms with Crippen molar-refractivity contribution in [2.75, 3.05) is 6.61 Å². The Morgan fingerprint density at radius 1 is 1.50 bits per heavy atom. The molecular formula is C12H22O2. The minimum Gasteiger partial charge on any atom is -0.378 e. The monoisotopic (exact) mass is 198 g/mol. The van der Waals surface area contributed by atoms with E-state index in [4.69, 9.17) is 4.74 Å². The van der Waals surface area contributed by atoms with E-state index in [-0.39, 0.29) is 6.10 Å². The van der Waals surface area contributed by atoms with Crippen LogP contribution in [0.4, 0.5) is 0 Å². The number of ether oxygens (including phenoxy) is 1. The van der Waals surface area contributed by atoms with Gasteiger partial charge in [0.25, 0.3) is 0 Å². The Hall–Kier alpha value is -0.370. The molecule has 0 bridgehead atoms. The van der Waals surface area contributed by atoms with E-state index >= 15 is 0 Å². The molecule has 0 aromatic carbocycles. The van der Waals surface area contributed by atoms with Crippen molar-refractivity contribution in [3.05, 3.63) is 0 Å². The van der Waals surface area contributed by atoms with Gasteiger partial charge in [0.05, 0.1) is 6.10 Å². The molecule has 0 radical (unpaired) electrons. The maximum absolute atomic E-state index is 11.6. The highest BCUT2D eigenvalue weighted by Crippen LogP contribution is 2.18. The molecule has 0 aliphatic carbocycles. The zero-order valence-electron chi connectivity index (χ0n) is 9.42. The van der Waals surface area contributed by atoms with E-state index in [2.05, 4.69) is 13.8 Å². The number of rotatable bonds is 5. The summed E-state index contributed by atoms with van der Waals surface area (Å²) in [5.74, 6) is 0.914. The quantitative estimate of drug-likeness (QED) is 0.679. The van der Waals surface area contributed by atoms with Gasteiger partial charge in [-0.3, -0.25) is 4.79 Å². The lowest BCUT2D eigenvalue weighted by Crippen LogP contribution is -2.23. The van der Waals surface area contributed by atoms with Crippen LogP contribution in [0.1, 0.15) is 52.4 Å². The number of ketones is 1. The first kappa shape index (κ1) is 11.7. The van der Waals surface area contributed by atoms with Gasteiger partial charge >= 0.3 is 0 Å². The lowest BCUT2D eigenvalue weighted by Gasteiger charge is -2.22. The van der Waals surface area contributed by atoms with E-state index in [0.29, 0.717) is 18.1 Å². The molecule has 1 aliphatic heterocycles. The van der Waals surface area contributed by atoms with E-state index < -0.39 is 0 Å². The standard InChI is InChI=1S/C12H22O2/c1-3-10(2)8-11(13)9-12-6-4-5-7-14-12/h10,12H,3-9H2,1-2H3. The van der Waals surface area contributed by atoms with Crippen molar-refractivity contribution in [2.24, 2.45) is 5.92 Å². The van der Waals surface area contributed by atoms with Crippen molar-refractivity contribution in [2.45, 2.75) is 58.5 Å². The summed E-state index contributed by atoms with van der Waals surface area (Å²) >= 11 is 0. The normalized spacial score (nSPS) is 24.6. The summed E-state index contributed by atoms with van der Waals surface area (Å²) in [6, 6.07) is 0. The van der Waals surface area contributed by atoms with Gasteiger partial charge in [-0.05, 0) is 25.2 Å². The molecule has 0 spiro atoms. The van der Waals surface area contributed by atoms with E-state index in [9.17, 15) is 4.79 Å². The van der Waals surface area contributed by atoms with Gasteiger partial charge in [-0.2, -0.15) is 0 Å². The van der Waals surface area contributed by atoms with Crippen LogP contribution in [0.15, 0.2) is 0 Å². The molecule has 2 nitrogen and oxygen atoms in total. The molecular weight excluding hydrogens is 176 g/mol. The molecule has 0 aromatic rings. The molecule has 2 heteroatoms. The van der Waals surface area contributed by atoms with E-state index in [1.165, 1.54) is 6.42 Å². The molecule has 82 valence electrons. The van der Waals surface area contributed by atoms with Gasteiger partial charge in [0.15, 0.2) is 0 Å². The average molecular weight is 198 g/mol. The van der Waals surface area contributed by atoms with Gasteiger partial charge in [-0.15, -0.1) is 0 Å². The maximum Gasteiger partial charge on any atom is 0.135 e. The average Bonchev–Trinajstić information content (AvgIpc) is 2.19. The molecule has 0 saturated carbocycles. The number of Topliss-reactive ketones (excluding diaryl/α,β-unsaturated/α-hetero) is 1. The fraction of sp³-hybridized carbons (Fsp3) is 0.917. The first-order valence-corrected chi connectivity index (χ1v) is 5.85. The van der Waals surface area contributed by atoms with Crippen molar-refractivity contribution in [1.29, 1.82) is 0 Å². The molecule has 0 aromatic heterocycles. The van der Waals surface area contributed by atoms with Crippen LogP contribution in [0.25, 0.3) is 0 Å². The summed E-state index contributed by atoms with van der Waals surface area (Å²) in [6.07, 6.45) is 6.15. The highest BCUT2D eigenvalue weighted by atomic mass is 16.5. The molecule has 1 aliphatic rings. The van der Waals surface area contributed by atoms with Crippen LogP contribution in [-0.2, 0) is 9.53 Å². The zero-order valence-corrected chi connectivity index (χ0v) is 9.42. The fourth-order valence-electron chi connectivity index (χ4n) is 1.84. The molecule has 14 heavy (non-hydrogen) atoms. The Labute approximate surface area is 87.0 Å². The van der Waals surface area contributed by atoms with Crippen LogP contribution in [0.3, 0.4) is 0 Å². The number of hydrogen-bond donors (Lipinski definition) is 0. The van der Waals surface area contributed by atoms with Crippen LogP contribution in [0.2, 0.25) is 0 Å². The van der Waals surface area contributed by atoms with Crippen molar-refractivity contribution >= 4 is 5.78 Å². The van der Waals surface area contributed by atoms with E-state index in [0.717, 1.165) is 32.3 Å². The van der Waals surface area contributed by atoms with Crippen LogP contribution in [-0.4, -0.2) is 18.5 Å². The predicted molar refractivity (Wildman–Crippen MR) is 57.3 cm³/mol. The van der Waals surface area contributed by atoms with Crippen LogP contribution >= 0.6 is 0 Å². The molecule has 2 atom stereocenters. The summed E-state index contributed by atoms with van der Waals surface area (Å²) in [6.45, 7) is 5.12. The summed E-state index contributed by atoms with van der Waals surface area (Å²) in [5.41, 5.74) is 0. The van der Waals surface area contributed by atoms with Crippen LogP contribution < -0.4 is 0 Å². The third kappa shape index (κ3) is 4.23. The summed E-state index contributed by atoms with van der Waals surface area (Å²) < 4.78 is 5.54. The highest BCUT2D eigenvalue weighted by molar-refractivity contribution is 5.79. The highest BCUT2D eigenvalue weighted by Gasteiger charge is 2.18. The Kier molecular flexibility index (Phi) is 5.16. The SMILES string of the molecule is CCC(C)CC(=O)CC1CCCCO1.